The zero-order chi connectivity index (χ0) is 17.3. The number of aromatic carboxylic acids is 1. The highest BCUT2D eigenvalue weighted by atomic mass is 35.5. The summed E-state index contributed by atoms with van der Waals surface area (Å²) in [5.74, 6) is -1.07. The summed E-state index contributed by atoms with van der Waals surface area (Å²) in [6.07, 6.45) is 2.79. The van der Waals surface area contributed by atoms with Crippen LogP contribution in [0.5, 0.6) is 0 Å². The van der Waals surface area contributed by atoms with Gasteiger partial charge in [0.05, 0.1) is 16.0 Å². The van der Waals surface area contributed by atoms with E-state index in [-0.39, 0.29) is 22.0 Å². The molecular formula is C15H12ClN3O4S. The Labute approximate surface area is 142 Å². The maximum Gasteiger partial charge on any atom is 0.335 e. The largest absolute Gasteiger partial charge is 0.478 e. The molecule has 0 fully saturated rings. The average molecular weight is 366 g/mol. The van der Waals surface area contributed by atoms with E-state index < -0.39 is 16.0 Å². The average Bonchev–Trinajstić information content (AvgIpc) is 3.00. The van der Waals surface area contributed by atoms with Crippen LogP contribution in [-0.2, 0) is 16.6 Å². The molecule has 0 atom stereocenters. The number of aromatic amines is 1. The van der Waals surface area contributed by atoms with Gasteiger partial charge in [-0.05, 0) is 23.8 Å². The van der Waals surface area contributed by atoms with E-state index in [0.717, 1.165) is 0 Å². The predicted molar refractivity (Wildman–Crippen MR) is 88.5 cm³/mol. The molecule has 0 aliphatic carbocycles. The lowest BCUT2D eigenvalue weighted by atomic mass is 10.1. The molecule has 3 aromatic rings. The van der Waals surface area contributed by atoms with Gasteiger partial charge in [0.25, 0.3) is 0 Å². The van der Waals surface area contributed by atoms with Crippen LogP contribution in [0.3, 0.4) is 0 Å². The number of benzene rings is 1. The van der Waals surface area contributed by atoms with Crippen LogP contribution < -0.4 is 4.72 Å². The van der Waals surface area contributed by atoms with Gasteiger partial charge in [0.15, 0.2) is 0 Å². The number of hydrogen-bond acceptors (Lipinski definition) is 4. The van der Waals surface area contributed by atoms with Gasteiger partial charge in [0, 0.05) is 18.9 Å². The monoisotopic (exact) mass is 365 g/mol. The summed E-state index contributed by atoms with van der Waals surface area (Å²) in [4.78, 5) is 17.7. The number of hydrogen-bond donors (Lipinski definition) is 3. The quantitative estimate of drug-likeness (QED) is 0.642. The third-order valence-corrected chi connectivity index (χ3v) is 5.16. The van der Waals surface area contributed by atoms with E-state index >= 15 is 0 Å². The number of pyridine rings is 1. The summed E-state index contributed by atoms with van der Waals surface area (Å²) in [6, 6.07) is 7.55. The molecule has 9 heteroatoms. The van der Waals surface area contributed by atoms with E-state index in [1.54, 1.807) is 12.1 Å². The van der Waals surface area contributed by atoms with Gasteiger partial charge >= 0.3 is 5.97 Å². The lowest BCUT2D eigenvalue weighted by Gasteiger charge is -2.07. The van der Waals surface area contributed by atoms with E-state index in [9.17, 15) is 13.2 Å². The minimum atomic E-state index is -3.85. The molecule has 24 heavy (non-hydrogen) atoms. The highest BCUT2D eigenvalue weighted by Gasteiger charge is 2.21. The van der Waals surface area contributed by atoms with Gasteiger partial charge in [-0.1, -0.05) is 23.7 Å². The number of H-pyrrole nitrogens is 1. The first-order valence-corrected chi connectivity index (χ1v) is 8.68. The molecule has 1 aromatic carbocycles. The summed E-state index contributed by atoms with van der Waals surface area (Å²) in [5.41, 5.74) is 0.990. The van der Waals surface area contributed by atoms with Crippen molar-refractivity contribution in [3.8, 4) is 0 Å². The van der Waals surface area contributed by atoms with Gasteiger partial charge < -0.3 is 10.1 Å². The van der Waals surface area contributed by atoms with Crippen LogP contribution >= 0.6 is 11.6 Å². The van der Waals surface area contributed by atoms with E-state index in [1.807, 2.05) is 0 Å². The number of halogens is 1. The highest BCUT2D eigenvalue weighted by Crippen LogP contribution is 2.28. The van der Waals surface area contributed by atoms with Crippen LogP contribution in [-0.4, -0.2) is 29.5 Å². The van der Waals surface area contributed by atoms with Crippen LogP contribution in [0.15, 0.2) is 47.6 Å². The van der Waals surface area contributed by atoms with Gasteiger partial charge in [0.2, 0.25) is 10.0 Å². The Bertz CT molecular complexity index is 1030. The molecule has 124 valence electrons. The smallest absolute Gasteiger partial charge is 0.335 e. The number of fused-ring (bicyclic) bond motifs is 1. The van der Waals surface area contributed by atoms with Crippen molar-refractivity contribution >= 4 is 38.6 Å². The summed E-state index contributed by atoms with van der Waals surface area (Å²) in [6.45, 7) is -0.0476. The molecule has 0 amide bonds. The molecule has 0 saturated carbocycles. The predicted octanol–water partition coefficient (Wildman–Crippen LogP) is 2.39. The highest BCUT2D eigenvalue weighted by molar-refractivity contribution is 7.89. The van der Waals surface area contributed by atoms with Crippen LogP contribution in [0.25, 0.3) is 11.0 Å². The van der Waals surface area contributed by atoms with Crippen molar-refractivity contribution in [2.45, 2.75) is 11.4 Å². The molecule has 0 unspecified atom stereocenters. The Kier molecular flexibility index (Phi) is 4.27. The summed E-state index contributed by atoms with van der Waals surface area (Å²) in [7, 11) is -3.85. The molecule has 2 heterocycles. The van der Waals surface area contributed by atoms with Gasteiger partial charge in [0.1, 0.15) is 10.5 Å². The summed E-state index contributed by atoms with van der Waals surface area (Å²) < 4.78 is 27.5. The van der Waals surface area contributed by atoms with Crippen molar-refractivity contribution in [1.29, 1.82) is 0 Å². The van der Waals surface area contributed by atoms with E-state index in [0.29, 0.717) is 16.6 Å². The molecule has 0 aliphatic heterocycles. The zero-order valence-corrected chi connectivity index (χ0v) is 13.7. The molecule has 7 nitrogen and oxygen atoms in total. The number of carbonyl (C=O) groups is 1. The number of nitrogens with zero attached hydrogens (tertiary/aromatic N) is 1. The molecule has 0 bridgehead atoms. The number of carboxylic acids is 1. The van der Waals surface area contributed by atoms with E-state index in [1.165, 1.54) is 30.6 Å². The van der Waals surface area contributed by atoms with Crippen molar-refractivity contribution in [1.82, 2.24) is 14.7 Å². The van der Waals surface area contributed by atoms with Gasteiger partial charge in [-0.25, -0.2) is 22.9 Å². The first-order chi connectivity index (χ1) is 11.4. The number of rotatable bonds is 5. The van der Waals surface area contributed by atoms with E-state index in [4.69, 9.17) is 16.7 Å². The van der Waals surface area contributed by atoms with Crippen molar-refractivity contribution in [3.63, 3.8) is 0 Å². The van der Waals surface area contributed by atoms with Crippen molar-refractivity contribution in [2.24, 2.45) is 0 Å². The zero-order valence-electron chi connectivity index (χ0n) is 12.2. The van der Waals surface area contributed by atoms with Crippen molar-refractivity contribution in [3.05, 3.63) is 58.9 Å². The van der Waals surface area contributed by atoms with Crippen LogP contribution in [0, 0.1) is 0 Å². The molecule has 2 aromatic heterocycles. The Hall–Kier alpha value is -2.42. The van der Waals surface area contributed by atoms with Gasteiger partial charge in [-0.3, -0.25) is 0 Å². The lowest BCUT2D eigenvalue weighted by Crippen LogP contribution is -2.23. The molecule has 0 saturated heterocycles. The molecule has 3 rings (SSSR count). The first-order valence-electron chi connectivity index (χ1n) is 6.82. The second kappa shape index (κ2) is 6.23. The fourth-order valence-corrected chi connectivity index (χ4v) is 3.78. The van der Waals surface area contributed by atoms with Gasteiger partial charge in [-0.2, -0.15) is 0 Å². The van der Waals surface area contributed by atoms with Crippen LogP contribution in [0.1, 0.15) is 15.9 Å². The Morgan fingerprint density at radius 3 is 2.88 bits per heavy atom. The SMILES string of the molecule is O=C(O)c1cccc(CNS(=O)(=O)c2c[nH]c3nccc(Cl)c23)c1. The second-order valence-electron chi connectivity index (χ2n) is 5.00. The topological polar surface area (TPSA) is 112 Å². The number of aromatic nitrogens is 2. The third-order valence-electron chi connectivity index (χ3n) is 3.42. The summed E-state index contributed by atoms with van der Waals surface area (Å²) >= 11 is 6.06. The van der Waals surface area contributed by atoms with Crippen LogP contribution in [0.4, 0.5) is 0 Å². The van der Waals surface area contributed by atoms with E-state index in [2.05, 4.69) is 14.7 Å². The number of nitrogens with one attached hydrogen (secondary N) is 2. The minimum absolute atomic E-state index is 0.00927. The van der Waals surface area contributed by atoms with Crippen molar-refractivity contribution in [2.75, 3.05) is 0 Å². The Morgan fingerprint density at radius 1 is 1.33 bits per heavy atom. The normalized spacial score (nSPS) is 11.7. The Balaban J connectivity index is 1.89. The minimum Gasteiger partial charge on any atom is -0.478 e. The first kappa shape index (κ1) is 16.4. The van der Waals surface area contributed by atoms with Gasteiger partial charge in [-0.15, -0.1) is 0 Å². The molecular weight excluding hydrogens is 354 g/mol. The molecule has 0 aliphatic rings. The standard InChI is InChI=1S/C15H12ClN3O4S/c16-11-4-5-17-14-13(11)12(8-18-14)24(22,23)19-7-9-2-1-3-10(6-9)15(20)21/h1-6,8,19H,7H2,(H,17,18)(H,20,21). The summed E-state index contributed by atoms with van der Waals surface area (Å²) in [5, 5.41) is 9.56. The molecule has 0 radical (unpaired) electrons. The third kappa shape index (κ3) is 3.12. The maximum atomic E-state index is 12.5. The van der Waals surface area contributed by atoms with Crippen molar-refractivity contribution < 1.29 is 18.3 Å². The fourth-order valence-electron chi connectivity index (χ4n) is 2.27. The number of carboxylic acid groups (broad SMARTS) is 1. The Morgan fingerprint density at radius 2 is 2.12 bits per heavy atom. The second-order valence-corrected chi connectivity index (χ2v) is 7.14. The van der Waals surface area contributed by atoms with Crippen LogP contribution in [0.2, 0.25) is 5.02 Å². The number of sulfonamides is 1. The lowest BCUT2D eigenvalue weighted by molar-refractivity contribution is 0.0696. The maximum absolute atomic E-state index is 12.5. The molecule has 3 N–H and O–H groups in total. The fraction of sp³-hybridized carbons (Fsp3) is 0.0667. The molecule has 0 spiro atoms.